The molecule has 2 atom stereocenters. The quantitative estimate of drug-likeness (QED) is 0.906. The normalized spacial score (nSPS) is 21.6. The number of hydrogen-bond acceptors (Lipinski definition) is 3. The lowest BCUT2D eigenvalue weighted by atomic mass is 10.0. The SMILES string of the molecule is CN1CCCCC1CCS(=O)c1ccccc1C(=O)O. The van der Waals surface area contributed by atoms with Crippen LogP contribution in [0.15, 0.2) is 29.2 Å². The van der Waals surface area contributed by atoms with Gasteiger partial charge in [-0.15, -0.1) is 0 Å². The van der Waals surface area contributed by atoms with Crippen molar-refractivity contribution in [2.45, 2.75) is 36.6 Å². The second-order valence-electron chi connectivity index (χ2n) is 5.27. The fourth-order valence-corrected chi connectivity index (χ4v) is 4.04. The Bertz CT molecular complexity index is 504. The largest absolute Gasteiger partial charge is 0.478 e. The molecule has 0 amide bonds. The molecular formula is C15H21NO3S. The Balaban J connectivity index is 2.00. The van der Waals surface area contributed by atoms with E-state index in [1.165, 1.54) is 18.9 Å². The van der Waals surface area contributed by atoms with E-state index in [0.29, 0.717) is 16.7 Å². The molecule has 20 heavy (non-hydrogen) atoms. The third-order valence-electron chi connectivity index (χ3n) is 3.92. The van der Waals surface area contributed by atoms with Crippen molar-refractivity contribution in [3.05, 3.63) is 29.8 Å². The summed E-state index contributed by atoms with van der Waals surface area (Å²) in [5, 5.41) is 9.13. The van der Waals surface area contributed by atoms with Gasteiger partial charge in [0.2, 0.25) is 0 Å². The van der Waals surface area contributed by atoms with Gasteiger partial charge in [0.1, 0.15) is 0 Å². The fourth-order valence-electron chi connectivity index (χ4n) is 2.70. The van der Waals surface area contributed by atoms with Crippen LogP contribution in [-0.4, -0.2) is 45.6 Å². The van der Waals surface area contributed by atoms with Crippen molar-refractivity contribution in [2.24, 2.45) is 0 Å². The maximum atomic E-state index is 12.3. The zero-order valence-corrected chi connectivity index (χ0v) is 12.6. The monoisotopic (exact) mass is 295 g/mol. The Labute approximate surface area is 122 Å². The number of benzene rings is 1. The standard InChI is InChI=1S/C15H21NO3S/c1-16-10-5-4-6-12(16)9-11-20(19)14-8-3-2-7-13(14)15(17)18/h2-3,7-8,12H,4-6,9-11H2,1H3,(H,17,18). The molecule has 0 aliphatic carbocycles. The van der Waals surface area contributed by atoms with Crippen molar-refractivity contribution in [2.75, 3.05) is 19.3 Å². The number of carboxylic acids is 1. The van der Waals surface area contributed by atoms with Gasteiger partial charge in [0.25, 0.3) is 0 Å². The van der Waals surface area contributed by atoms with Crippen LogP contribution in [-0.2, 0) is 10.8 Å². The minimum Gasteiger partial charge on any atom is -0.478 e. The number of carboxylic acid groups (broad SMARTS) is 1. The molecule has 0 bridgehead atoms. The molecule has 1 aliphatic heterocycles. The van der Waals surface area contributed by atoms with Crippen molar-refractivity contribution in [1.82, 2.24) is 4.90 Å². The second-order valence-corrected chi connectivity index (χ2v) is 6.81. The van der Waals surface area contributed by atoms with Gasteiger partial charge in [-0.2, -0.15) is 0 Å². The van der Waals surface area contributed by atoms with E-state index in [4.69, 9.17) is 5.11 Å². The Hall–Kier alpha value is -1.20. The highest BCUT2D eigenvalue weighted by Crippen LogP contribution is 2.20. The molecule has 0 radical (unpaired) electrons. The lowest BCUT2D eigenvalue weighted by Crippen LogP contribution is -2.37. The summed E-state index contributed by atoms with van der Waals surface area (Å²) in [5.74, 6) is -0.483. The second kappa shape index (κ2) is 6.99. The number of nitrogens with zero attached hydrogens (tertiary/aromatic N) is 1. The summed E-state index contributed by atoms with van der Waals surface area (Å²) < 4.78 is 12.3. The van der Waals surface area contributed by atoms with E-state index >= 15 is 0 Å². The lowest BCUT2D eigenvalue weighted by molar-refractivity contribution is 0.0693. The first kappa shape index (κ1) is 15.2. The van der Waals surface area contributed by atoms with Gasteiger partial charge in [-0.05, 0) is 45.0 Å². The molecule has 4 nitrogen and oxygen atoms in total. The van der Waals surface area contributed by atoms with E-state index in [1.807, 2.05) is 0 Å². The van der Waals surface area contributed by atoms with Crippen LogP contribution in [0.2, 0.25) is 0 Å². The molecular weight excluding hydrogens is 274 g/mol. The number of hydrogen-bond donors (Lipinski definition) is 1. The van der Waals surface area contributed by atoms with Crippen molar-refractivity contribution < 1.29 is 14.1 Å². The maximum Gasteiger partial charge on any atom is 0.336 e. The molecule has 1 aromatic rings. The molecule has 2 unspecified atom stereocenters. The summed E-state index contributed by atoms with van der Waals surface area (Å²) >= 11 is 0. The number of carbonyl (C=O) groups is 1. The number of piperidine rings is 1. The van der Waals surface area contributed by atoms with E-state index in [1.54, 1.807) is 18.2 Å². The predicted molar refractivity (Wildman–Crippen MR) is 79.6 cm³/mol. The Morgan fingerprint density at radius 1 is 1.40 bits per heavy atom. The minimum atomic E-state index is -1.24. The van der Waals surface area contributed by atoms with Gasteiger partial charge in [0.15, 0.2) is 0 Å². The first-order chi connectivity index (χ1) is 9.59. The number of rotatable bonds is 5. The minimum absolute atomic E-state index is 0.155. The molecule has 1 fully saturated rings. The smallest absolute Gasteiger partial charge is 0.336 e. The van der Waals surface area contributed by atoms with E-state index in [9.17, 15) is 9.00 Å². The van der Waals surface area contributed by atoms with Gasteiger partial charge in [0, 0.05) is 11.8 Å². The maximum absolute atomic E-state index is 12.3. The van der Waals surface area contributed by atoms with Gasteiger partial charge >= 0.3 is 5.97 Å². The average molecular weight is 295 g/mol. The molecule has 1 aromatic carbocycles. The molecule has 1 heterocycles. The van der Waals surface area contributed by atoms with Crippen LogP contribution >= 0.6 is 0 Å². The summed E-state index contributed by atoms with van der Waals surface area (Å²) in [7, 11) is 0.869. The van der Waals surface area contributed by atoms with Crippen molar-refractivity contribution >= 4 is 16.8 Å². The molecule has 1 saturated heterocycles. The van der Waals surface area contributed by atoms with Crippen molar-refractivity contribution in [3.8, 4) is 0 Å². The van der Waals surface area contributed by atoms with Crippen LogP contribution in [0.5, 0.6) is 0 Å². The Morgan fingerprint density at radius 2 is 2.15 bits per heavy atom. The topological polar surface area (TPSA) is 57.6 Å². The van der Waals surface area contributed by atoms with E-state index in [0.717, 1.165) is 19.4 Å². The Kier molecular flexibility index (Phi) is 5.31. The van der Waals surface area contributed by atoms with Crippen LogP contribution in [0.3, 0.4) is 0 Å². The number of aromatic carboxylic acids is 1. The first-order valence-electron chi connectivity index (χ1n) is 7.00. The van der Waals surface area contributed by atoms with Crippen LogP contribution in [0.1, 0.15) is 36.0 Å². The highest BCUT2D eigenvalue weighted by atomic mass is 32.2. The first-order valence-corrected chi connectivity index (χ1v) is 8.32. The molecule has 1 aliphatic rings. The lowest BCUT2D eigenvalue weighted by Gasteiger charge is -2.32. The molecule has 1 N–H and O–H groups in total. The highest BCUT2D eigenvalue weighted by Gasteiger charge is 2.21. The third kappa shape index (κ3) is 3.67. The summed E-state index contributed by atoms with van der Waals surface area (Å²) in [4.78, 5) is 13.9. The molecule has 110 valence electrons. The third-order valence-corrected chi connectivity index (χ3v) is 5.37. The van der Waals surface area contributed by atoms with Gasteiger partial charge in [-0.3, -0.25) is 4.21 Å². The summed E-state index contributed by atoms with van der Waals surface area (Å²) in [6, 6.07) is 7.06. The van der Waals surface area contributed by atoms with Crippen LogP contribution in [0, 0.1) is 0 Å². The average Bonchev–Trinajstić information content (AvgIpc) is 2.46. The molecule has 0 aromatic heterocycles. The van der Waals surface area contributed by atoms with Crippen molar-refractivity contribution in [1.29, 1.82) is 0 Å². The molecule has 5 heteroatoms. The summed E-state index contributed by atoms with van der Waals surface area (Å²) in [6.07, 6.45) is 4.47. The summed E-state index contributed by atoms with van der Waals surface area (Å²) in [5.41, 5.74) is 0.155. The van der Waals surface area contributed by atoms with Gasteiger partial charge in [-0.25, -0.2) is 4.79 Å². The fraction of sp³-hybridized carbons (Fsp3) is 0.533. The molecule has 2 rings (SSSR count). The van der Waals surface area contributed by atoms with Crippen LogP contribution in [0.25, 0.3) is 0 Å². The zero-order valence-electron chi connectivity index (χ0n) is 11.7. The molecule has 0 spiro atoms. The zero-order chi connectivity index (χ0) is 14.5. The van der Waals surface area contributed by atoms with Gasteiger partial charge in [-0.1, -0.05) is 18.6 Å². The van der Waals surface area contributed by atoms with E-state index in [2.05, 4.69) is 11.9 Å². The highest BCUT2D eigenvalue weighted by molar-refractivity contribution is 7.85. The summed E-state index contributed by atoms with van der Waals surface area (Å²) in [6.45, 7) is 1.10. The Morgan fingerprint density at radius 3 is 2.85 bits per heavy atom. The molecule has 0 saturated carbocycles. The van der Waals surface area contributed by atoms with Crippen LogP contribution < -0.4 is 0 Å². The predicted octanol–water partition coefficient (Wildman–Crippen LogP) is 2.37. The van der Waals surface area contributed by atoms with Gasteiger partial charge in [0.05, 0.1) is 21.3 Å². The van der Waals surface area contributed by atoms with Gasteiger partial charge < -0.3 is 10.0 Å². The number of likely N-dealkylation sites (tertiary alicyclic amines) is 1. The van der Waals surface area contributed by atoms with E-state index < -0.39 is 16.8 Å². The van der Waals surface area contributed by atoms with Crippen LogP contribution in [0.4, 0.5) is 0 Å². The van der Waals surface area contributed by atoms with Crippen molar-refractivity contribution in [3.63, 3.8) is 0 Å². The van der Waals surface area contributed by atoms with E-state index in [-0.39, 0.29) is 5.56 Å².